The molecule has 0 fully saturated rings. The molecule has 0 spiro atoms. The summed E-state index contributed by atoms with van der Waals surface area (Å²) in [4.78, 5) is 172. The second-order valence-electron chi connectivity index (χ2n) is 26.4. The van der Waals surface area contributed by atoms with Crippen molar-refractivity contribution in [2.24, 2.45) is 28.3 Å². The molecule has 0 bridgehead atoms. The van der Waals surface area contributed by atoms with Crippen LogP contribution in [0.15, 0.2) is 0 Å². The van der Waals surface area contributed by atoms with E-state index < -0.39 is 116 Å². The van der Waals surface area contributed by atoms with Crippen LogP contribution < -0.4 is 22.9 Å². The standard InChI is InChI=1S/C67H129N15O18/c1-66(2,3)55(83)44-76(30-37-94-7)59(87)52-80(34-41-98-11)61(89)46-73(27-19-15-23-69)56(84)49-77(31-38-95-8)60(88)45-72(26-18-14-22-68)58(86)51-79(33-40-97-10)64(92)53-81(35-42-99-12)62(90)47-74(28-20-16-24-70)57(85)50-78(32-39-96-9)63(91)48-75(29-21-17-25-71)65(93)54-82(36-43-100-13)67(4,5)6/h14-54,68-71H2,1-13H3. The first kappa shape index (κ1) is 93.9. The number of nitrogens with two attached hydrogens (primary N) is 4. The molecule has 0 heterocycles. The second-order valence-corrected chi connectivity index (χ2v) is 26.4. The van der Waals surface area contributed by atoms with Crippen molar-refractivity contribution >= 4 is 64.9 Å². The molecule has 0 aromatic heterocycles. The lowest BCUT2D eigenvalue weighted by Gasteiger charge is -2.36. The highest BCUT2D eigenvalue weighted by Gasteiger charge is 2.34. The van der Waals surface area contributed by atoms with E-state index in [2.05, 4.69) is 0 Å². The summed E-state index contributed by atoms with van der Waals surface area (Å²) in [6.45, 7) is 8.68. The highest BCUT2D eigenvalue weighted by Crippen LogP contribution is 2.17. The van der Waals surface area contributed by atoms with Gasteiger partial charge in [0.1, 0.15) is 0 Å². The van der Waals surface area contributed by atoms with Gasteiger partial charge in [-0.3, -0.25) is 57.6 Å². The number of hydrogen-bond acceptors (Lipinski definition) is 23. The molecule has 33 heteroatoms. The molecule has 0 aliphatic heterocycles. The van der Waals surface area contributed by atoms with Gasteiger partial charge in [-0.25, -0.2) is 0 Å². The molecular weight excluding hydrogens is 1300 g/mol. The van der Waals surface area contributed by atoms with Crippen LogP contribution in [-0.2, 0) is 85.9 Å². The minimum Gasteiger partial charge on any atom is -0.383 e. The van der Waals surface area contributed by atoms with Crippen molar-refractivity contribution in [1.82, 2.24) is 53.9 Å². The van der Waals surface area contributed by atoms with E-state index in [0.29, 0.717) is 71.1 Å². The largest absolute Gasteiger partial charge is 0.383 e. The molecule has 0 aliphatic carbocycles. The van der Waals surface area contributed by atoms with Gasteiger partial charge in [-0.1, -0.05) is 20.8 Å². The molecule has 0 atom stereocenters. The second kappa shape index (κ2) is 54.6. The summed E-state index contributed by atoms with van der Waals surface area (Å²) in [7, 11) is 10.2. The molecule has 0 aliphatic rings. The zero-order valence-electron chi connectivity index (χ0n) is 63.1. The number of ketones is 1. The van der Waals surface area contributed by atoms with Gasteiger partial charge in [0.25, 0.3) is 0 Å². The van der Waals surface area contributed by atoms with E-state index in [1.54, 1.807) is 27.9 Å². The Morgan fingerprint density at radius 1 is 0.240 bits per heavy atom. The monoisotopic (exact) mass is 1430 g/mol. The number of rotatable bonds is 59. The molecule has 0 aromatic carbocycles. The van der Waals surface area contributed by atoms with Gasteiger partial charge in [-0.2, -0.15) is 0 Å². The van der Waals surface area contributed by atoms with Gasteiger partial charge in [0.05, 0.1) is 118 Å². The third-order valence-electron chi connectivity index (χ3n) is 16.4. The topological polar surface area (TPSA) is 392 Å². The fraction of sp³-hybridized carbons (Fsp3) is 0.836. The molecule has 0 radical (unpaired) electrons. The van der Waals surface area contributed by atoms with E-state index in [1.165, 1.54) is 91.7 Å². The Bertz CT molecular complexity index is 2390. The number of Topliss-reactive ketones (excluding diaryl/α,β-unsaturated/α-hetero) is 1. The predicted octanol–water partition coefficient (Wildman–Crippen LogP) is -2.53. The quantitative estimate of drug-likeness (QED) is 0.0456. The molecule has 580 valence electrons. The third kappa shape index (κ3) is 39.9. The van der Waals surface area contributed by atoms with E-state index in [0.717, 1.165) is 0 Å². The van der Waals surface area contributed by atoms with Crippen molar-refractivity contribution in [3.05, 3.63) is 0 Å². The van der Waals surface area contributed by atoms with Crippen molar-refractivity contribution in [3.63, 3.8) is 0 Å². The first-order valence-electron chi connectivity index (χ1n) is 34.8. The van der Waals surface area contributed by atoms with Gasteiger partial charge in [0.15, 0.2) is 5.78 Å². The Labute approximate surface area is 595 Å². The molecule has 0 saturated heterocycles. The summed E-state index contributed by atoms with van der Waals surface area (Å²) in [5.74, 6) is -6.02. The van der Waals surface area contributed by atoms with Gasteiger partial charge in [-0.15, -0.1) is 0 Å². The zero-order valence-corrected chi connectivity index (χ0v) is 63.1. The van der Waals surface area contributed by atoms with Crippen LogP contribution in [0.1, 0.15) is 92.9 Å². The molecule has 0 saturated carbocycles. The fourth-order valence-electron chi connectivity index (χ4n) is 9.81. The normalized spacial score (nSPS) is 11.5. The number of carbonyl (C=O) groups is 11. The van der Waals surface area contributed by atoms with Crippen LogP contribution in [0.3, 0.4) is 0 Å². The lowest BCUT2D eigenvalue weighted by atomic mass is 9.90. The maximum Gasteiger partial charge on any atom is 0.242 e. The maximum atomic E-state index is 14.7. The van der Waals surface area contributed by atoms with Crippen molar-refractivity contribution < 1.29 is 85.9 Å². The van der Waals surface area contributed by atoms with E-state index in [9.17, 15) is 52.7 Å². The number of nitrogens with zero attached hydrogens (tertiary/aromatic N) is 11. The number of unbranched alkanes of at least 4 members (excludes halogenated alkanes) is 4. The van der Waals surface area contributed by atoms with Crippen molar-refractivity contribution in [1.29, 1.82) is 0 Å². The summed E-state index contributed by atoms with van der Waals surface area (Å²) in [5, 5.41) is 0. The van der Waals surface area contributed by atoms with Gasteiger partial charge in [0.2, 0.25) is 59.1 Å². The molecule has 33 nitrogen and oxygen atoms in total. The van der Waals surface area contributed by atoms with Crippen molar-refractivity contribution in [2.45, 2.75) is 98.4 Å². The smallest absolute Gasteiger partial charge is 0.242 e. The first-order chi connectivity index (χ1) is 47.5. The highest BCUT2D eigenvalue weighted by atomic mass is 16.5. The number of methoxy groups -OCH3 is 7. The zero-order chi connectivity index (χ0) is 75.6. The average molecular weight is 1430 g/mol. The summed E-state index contributed by atoms with van der Waals surface area (Å²) >= 11 is 0. The van der Waals surface area contributed by atoms with Crippen molar-refractivity contribution in [2.75, 3.05) is 266 Å². The van der Waals surface area contributed by atoms with Gasteiger partial charge in [0, 0.05) is 133 Å². The summed E-state index contributed by atoms with van der Waals surface area (Å²) in [5.41, 5.74) is 22.3. The fourth-order valence-corrected chi connectivity index (χ4v) is 9.81. The average Bonchev–Trinajstić information content (AvgIpc) is 0.875. The molecule has 0 unspecified atom stereocenters. The van der Waals surface area contributed by atoms with Crippen LogP contribution in [-0.4, -0.2) is 390 Å². The number of ether oxygens (including phenoxy) is 7. The molecular formula is C67H129N15O18. The predicted molar refractivity (Wildman–Crippen MR) is 378 cm³/mol. The number of carbonyl (C=O) groups excluding carboxylic acids is 11. The lowest BCUT2D eigenvalue weighted by Crippen LogP contribution is -2.54. The van der Waals surface area contributed by atoms with Crippen LogP contribution in [0, 0.1) is 5.41 Å². The van der Waals surface area contributed by atoms with Crippen molar-refractivity contribution in [3.8, 4) is 0 Å². The summed E-state index contributed by atoms with van der Waals surface area (Å²) < 4.78 is 37.2. The van der Waals surface area contributed by atoms with E-state index in [-0.39, 0.29) is 156 Å². The Hall–Kier alpha value is -6.11. The lowest BCUT2D eigenvalue weighted by molar-refractivity contribution is -0.149. The van der Waals surface area contributed by atoms with E-state index in [1.807, 2.05) is 25.7 Å². The SMILES string of the molecule is COCCN(CC(=O)N(CCCCN)CC(=O)N(CCOC)CC(=O)N(CCCCN)CC(=O)N(CCOC)CC(=O)N(CCOC)CC(=O)C(C)(C)C)C(=O)CN(CCOC)C(=O)CN(CCCCN)C(=O)CN(CCOC)C(=O)CN(CCCCN)C(=O)CN(CCOC)C(C)(C)C. The molecule has 10 amide bonds. The van der Waals surface area contributed by atoms with Crippen LogP contribution in [0.4, 0.5) is 0 Å². The molecule has 8 N–H and O–H groups in total. The number of amides is 10. The molecule has 0 rings (SSSR count). The molecule has 0 aromatic rings. The Morgan fingerprint density at radius 3 is 0.580 bits per heavy atom. The summed E-state index contributed by atoms with van der Waals surface area (Å²) in [6, 6.07) is 0. The van der Waals surface area contributed by atoms with Gasteiger partial charge < -0.3 is 105 Å². The van der Waals surface area contributed by atoms with Gasteiger partial charge in [-0.05, 0) is 98.3 Å². The minimum atomic E-state index is -0.753. The maximum absolute atomic E-state index is 14.7. The highest BCUT2D eigenvalue weighted by molar-refractivity contribution is 5.95. The van der Waals surface area contributed by atoms with Crippen LogP contribution in [0.25, 0.3) is 0 Å². The Balaban J connectivity index is 7.13. The minimum absolute atomic E-state index is 0.00387. The van der Waals surface area contributed by atoms with E-state index >= 15 is 0 Å². The Kier molecular flexibility index (Phi) is 51.2. The van der Waals surface area contributed by atoms with E-state index in [4.69, 9.17) is 56.1 Å². The number of hydrogen-bond donors (Lipinski definition) is 4. The molecule has 100 heavy (non-hydrogen) atoms. The third-order valence-corrected chi connectivity index (χ3v) is 16.4. The summed E-state index contributed by atoms with van der Waals surface area (Å²) in [6.07, 6.45) is 3.71. The first-order valence-corrected chi connectivity index (χ1v) is 34.8. The van der Waals surface area contributed by atoms with Gasteiger partial charge >= 0.3 is 0 Å². The Morgan fingerprint density at radius 2 is 0.410 bits per heavy atom. The van der Waals surface area contributed by atoms with Crippen LogP contribution in [0.2, 0.25) is 0 Å². The van der Waals surface area contributed by atoms with Crippen LogP contribution >= 0.6 is 0 Å². The van der Waals surface area contributed by atoms with Crippen LogP contribution in [0.5, 0.6) is 0 Å².